The zero-order valence-electron chi connectivity index (χ0n) is 10.6. The normalized spacial score (nSPS) is 9.94. The minimum Gasteiger partial charge on any atom is -0.355 e. The quantitative estimate of drug-likeness (QED) is 0.795. The first-order chi connectivity index (χ1) is 8.60. The minimum atomic E-state index is -0.172. The molecule has 0 spiro atoms. The molecule has 1 N–H and O–H groups in total. The Hall–Kier alpha value is -1.49. The van der Waals surface area contributed by atoms with Crippen LogP contribution in [-0.2, 0) is 4.79 Å². The molecule has 0 saturated carbocycles. The Bertz CT molecular complexity index is 435. The van der Waals surface area contributed by atoms with Crippen molar-refractivity contribution in [1.82, 2.24) is 10.2 Å². The van der Waals surface area contributed by atoms with Crippen molar-refractivity contribution in [3.8, 4) is 0 Å². The van der Waals surface area contributed by atoms with E-state index in [4.69, 9.17) is 0 Å². The number of nitrogens with one attached hydrogen (secondary N) is 1. The maximum Gasteiger partial charge on any atom is 0.255 e. The zero-order valence-corrected chi connectivity index (χ0v) is 11.5. The third kappa shape index (κ3) is 3.77. The van der Waals surface area contributed by atoms with Gasteiger partial charge in [0.05, 0.1) is 12.1 Å². The maximum atomic E-state index is 12.2. The van der Waals surface area contributed by atoms with Crippen LogP contribution in [0, 0.1) is 0 Å². The van der Waals surface area contributed by atoms with E-state index in [0.717, 1.165) is 0 Å². The number of benzene rings is 1. The number of carbonyl (C=O) groups excluding carboxylic acids is 2. The number of amides is 2. The fourth-order valence-electron chi connectivity index (χ4n) is 1.58. The van der Waals surface area contributed by atoms with Crippen molar-refractivity contribution in [3.63, 3.8) is 0 Å². The van der Waals surface area contributed by atoms with Crippen LogP contribution in [0.15, 0.2) is 29.2 Å². The lowest BCUT2D eigenvalue weighted by Gasteiger charge is -2.20. The molecule has 0 aliphatic rings. The highest BCUT2D eigenvalue weighted by Crippen LogP contribution is 2.15. The van der Waals surface area contributed by atoms with E-state index in [0.29, 0.717) is 23.5 Å². The van der Waals surface area contributed by atoms with Crippen molar-refractivity contribution in [2.24, 2.45) is 0 Å². The van der Waals surface area contributed by atoms with Gasteiger partial charge in [0, 0.05) is 18.0 Å². The van der Waals surface area contributed by atoms with E-state index in [2.05, 4.69) is 17.9 Å². The predicted molar refractivity (Wildman–Crippen MR) is 74.0 cm³/mol. The molecule has 98 valence electrons. The van der Waals surface area contributed by atoms with Crippen LogP contribution in [0.25, 0.3) is 0 Å². The lowest BCUT2D eigenvalue weighted by Crippen LogP contribution is -2.40. The molecule has 18 heavy (non-hydrogen) atoms. The van der Waals surface area contributed by atoms with Crippen LogP contribution in [0.1, 0.15) is 24.2 Å². The monoisotopic (exact) mass is 266 g/mol. The summed E-state index contributed by atoms with van der Waals surface area (Å²) in [6.45, 7) is 4.81. The van der Waals surface area contributed by atoms with Gasteiger partial charge in [-0.15, -0.1) is 12.6 Å². The highest BCUT2D eigenvalue weighted by molar-refractivity contribution is 7.80. The lowest BCUT2D eigenvalue weighted by atomic mass is 10.2. The fraction of sp³-hybridized carbons (Fsp3) is 0.385. The molecule has 1 aromatic carbocycles. The van der Waals surface area contributed by atoms with Crippen molar-refractivity contribution in [3.05, 3.63) is 29.8 Å². The zero-order chi connectivity index (χ0) is 13.5. The molecule has 2 amide bonds. The van der Waals surface area contributed by atoms with Crippen LogP contribution >= 0.6 is 12.6 Å². The highest BCUT2D eigenvalue weighted by atomic mass is 32.1. The molecule has 0 aliphatic carbocycles. The number of nitrogens with zero attached hydrogens (tertiary/aromatic N) is 1. The summed E-state index contributed by atoms with van der Waals surface area (Å²) in [7, 11) is 0. The second kappa shape index (κ2) is 7.06. The van der Waals surface area contributed by atoms with Crippen molar-refractivity contribution < 1.29 is 9.59 Å². The molecule has 0 heterocycles. The Kier molecular flexibility index (Phi) is 5.71. The molecule has 0 saturated heterocycles. The van der Waals surface area contributed by atoms with E-state index in [-0.39, 0.29) is 18.4 Å². The molecule has 0 bridgehead atoms. The summed E-state index contributed by atoms with van der Waals surface area (Å²) in [4.78, 5) is 25.9. The summed E-state index contributed by atoms with van der Waals surface area (Å²) < 4.78 is 0. The van der Waals surface area contributed by atoms with Crippen LogP contribution < -0.4 is 5.32 Å². The van der Waals surface area contributed by atoms with Crippen LogP contribution in [0.5, 0.6) is 0 Å². The standard InChI is InChI=1S/C13H18N2O2S/c1-3-14-12(16)9-15(4-2)13(17)10-7-5-6-8-11(10)18/h5-8,18H,3-4,9H2,1-2H3,(H,14,16). The lowest BCUT2D eigenvalue weighted by molar-refractivity contribution is -0.121. The van der Waals surface area contributed by atoms with E-state index in [1.165, 1.54) is 4.90 Å². The van der Waals surface area contributed by atoms with E-state index >= 15 is 0 Å². The minimum absolute atomic E-state index is 0.0747. The SMILES string of the molecule is CCNC(=O)CN(CC)C(=O)c1ccccc1S. The Labute approximate surface area is 113 Å². The van der Waals surface area contributed by atoms with E-state index in [1.54, 1.807) is 18.2 Å². The fourth-order valence-corrected chi connectivity index (χ4v) is 1.83. The molecule has 1 rings (SSSR count). The number of carbonyl (C=O) groups is 2. The Morgan fingerprint density at radius 3 is 2.50 bits per heavy atom. The molecule has 0 aromatic heterocycles. The van der Waals surface area contributed by atoms with Gasteiger partial charge in [0.15, 0.2) is 0 Å². The molecule has 0 radical (unpaired) electrons. The predicted octanol–water partition coefficient (Wildman–Crippen LogP) is 1.57. The van der Waals surface area contributed by atoms with Gasteiger partial charge in [0.25, 0.3) is 5.91 Å². The smallest absolute Gasteiger partial charge is 0.255 e. The summed E-state index contributed by atoms with van der Waals surface area (Å²) >= 11 is 4.25. The molecule has 0 unspecified atom stereocenters. The van der Waals surface area contributed by atoms with Gasteiger partial charge in [0.1, 0.15) is 0 Å². The van der Waals surface area contributed by atoms with Crippen LogP contribution in [0.3, 0.4) is 0 Å². The highest BCUT2D eigenvalue weighted by Gasteiger charge is 2.18. The number of hydrogen-bond acceptors (Lipinski definition) is 3. The summed E-state index contributed by atoms with van der Waals surface area (Å²) in [5.41, 5.74) is 0.520. The van der Waals surface area contributed by atoms with Crippen molar-refractivity contribution in [2.45, 2.75) is 18.7 Å². The first-order valence-electron chi connectivity index (χ1n) is 5.94. The molecule has 0 aliphatic heterocycles. The van der Waals surface area contributed by atoms with Crippen LogP contribution in [0.2, 0.25) is 0 Å². The largest absolute Gasteiger partial charge is 0.355 e. The molecular weight excluding hydrogens is 248 g/mol. The van der Waals surface area contributed by atoms with E-state index in [9.17, 15) is 9.59 Å². The first kappa shape index (κ1) is 14.6. The third-order valence-corrected chi connectivity index (χ3v) is 2.90. The Morgan fingerprint density at radius 2 is 1.94 bits per heavy atom. The average molecular weight is 266 g/mol. The topological polar surface area (TPSA) is 49.4 Å². The van der Waals surface area contributed by atoms with Gasteiger partial charge in [-0.2, -0.15) is 0 Å². The second-order valence-electron chi connectivity index (χ2n) is 3.79. The number of likely N-dealkylation sites (N-methyl/N-ethyl adjacent to an activating group) is 2. The van der Waals surface area contributed by atoms with Gasteiger partial charge in [-0.05, 0) is 26.0 Å². The number of rotatable bonds is 5. The van der Waals surface area contributed by atoms with Gasteiger partial charge >= 0.3 is 0 Å². The van der Waals surface area contributed by atoms with Gasteiger partial charge < -0.3 is 10.2 Å². The molecule has 0 atom stereocenters. The van der Waals surface area contributed by atoms with Gasteiger partial charge in [0.2, 0.25) is 5.91 Å². The van der Waals surface area contributed by atoms with Crippen molar-refractivity contribution in [1.29, 1.82) is 0 Å². The first-order valence-corrected chi connectivity index (χ1v) is 6.38. The van der Waals surface area contributed by atoms with Crippen LogP contribution in [-0.4, -0.2) is 36.3 Å². The maximum absolute atomic E-state index is 12.2. The summed E-state index contributed by atoms with van der Waals surface area (Å²) in [6, 6.07) is 7.08. The number of hydrogen-bond donors (Lipinski definition) is 2. The molecule has 0 fully saturated rings. The van der Waals surface area contributed by atoms with Gasteiger partial charge in [-0.3, -0.25) is 9.59 Å². The average Bonchev–Trinajstić information content (AvgIpc) is 2.36. The summed E-state index contributed by atoms with van der Waals surface area (Å²) in [5, 5.41) is 2.68. The molecular formula is C13H18N2O2S. The van der Waals surface area contributed by atoms with E-state index in [1.807, 2.05) is 19.9 Å². The third-order valence-electron chi connectivity index (χ3n) is 2.51. The van der Waals surface area contributed by atoms with Crippen molar-refractivity contribution in [2.75, 3.05) is 19.6 Å². The Morgan fingerprint density at radius 1 is 1.28 bits per heavy atom. The van der Waals surface area contributed by atoms with Crippen LogP contribution in [0.4, 0.5) is 0 Å². The second-order valence-corrected chi connectivity index (χ2v) is 4.27. The molecule has 4 nitrogen and oxygen atoms in total. The molecule has 1 aromatic rings. The molecule has 5 heteroatoms. The summed E-state index contributed by atoms with van der Waals surface area (Å²) in [6.07, 6.45) is 0. The van der Waals surface area contributed by atoms with Gasteiger partial charge in [-0.1, -0.05) is 12.1 Å². The number of thiol groups is 1. The summed E-state index contributed by atoms with van der Waals surface area (Å²) in [5.74, 6) is -0.321. The Balaban J connectivity index is 2.80. The van der Waals surface area contributed by atoms with Crippen molar-refractivity contribution >= 4 is 24.4 Å². The van der Waals surface area contributed by atoms with E-state index < -0.39 is 0 Å². The van der Waals surface area contributed by atoms with Gasteiger partial charge in [-0.25, -0.2) is 0 Å².